The predicted molar refractivity (Wildman–Crippen MR) is 123 cm³/mol. The van der Waals surface area contributed by atoms with Crippen LogP contribution in [-0.4, -0.2) is 30.0 Å². The Hall–Kier alpha value is -2.05. The lowest BCUT2D eigenvalue weighted by atomic mass is 10.1. The molecular weight excluding hydrogens is 388 g/mol. The molecule has 2 N–H and O–H groups in total. The summed E-state index contributed by atoms with van der Waals surface area (Å²) in [5.41, 5.74) is 4.95. The van der Waals surface area contributed by atoms with Gasteiger partial charge in [0.15, 0.2) is 5.11 Å². The highest BCUT2D eigenvalue weighted by Gasteiger charge is 2.13. The van der Waals surface area contributed by atoms with Gasteiger partial charge in [-0.2, -0.15) is 11.8 Å². The van der Waals surface area contributed by atoms with Crippen LogP contribution in [0.3, 0.4) is 0 Å². The summed E-state index contributed by atoms with van der Waals surface area (Å²) in [5, 5.41) is 6.97. The van der Waals surface area contributed by atoms with Crippen LogP contribution in [0.15, 0.2) is 42.5 Å². The van der Waals surface area contributed by atoms with Gasteiger partial charge in [0, 0.05) is 18.0 Å². The SMILES string of the molecule is CCOC(=O)c1cccc(NC(=S)NCCCSCc2ccccc2C)c1C. The third-order valence-corrected chi connectivity index (χ3v) is 5.69. The van der Waals surface area contributed by atoms with Crippen molar-refractivity contribution in [2.24, 2.45) is 0 Å². The van der Waals surface area contributed by atoms with Crippen molar-refractivity contribution in [3.63, 3.8) is 0 Å². The van der Waals surface area contributed by atoms with Crippen molar-refractivity contribution < 1.29 is 9.53 Å². The molecule has 0 atom stereocenters. The van der Waals surface area contributed by atoms with Crippen LogP contribution in [-0.2, 0) is 10.5 Å². The molecule has 0 aliphatic heterocycles. The maximum absolute atomic E-state index is 12.0. The molecule has 0 saturated heterocycles. The van der Waals surface area contributed by atoms with E-state index >= 15 is 0 Å². The van der Waals surface area contributed by atoms with Crippen LogP contribution in [0.2, 0.25) is 0 Å². The molecular formula is C22H28N2O2S2. The van der Waals surface area contributed by atoms with Crippen LogP contribution >= 0.6 is 24.0 Å². The highest BCUT2D eigenvalue weighted by Crippen LogP contribution is 2.20. The Morgan fingerprint density at radius 1 is 1.14 bits per heavy atom. The standard InChI is InChI=1S/C22H28N2O2S2/c1-4-26-21(25)19-11-7-12-20(17(19)3)24-22(27)23-13-8-14-28-15-18-10-6-5-9-16(18)2/h5-7,9-12H,4,8,13-15H2,1-3H3,(H2,23,24,27). The number of anilines is 1. The lowest BCUT2D eigenvalue weighted by molar-refractivity contribution is 0.0525. The minimum atomic E-state index is -0.312. The third-order valence-electron chi connectivity index (χ3n) is 4.35. The van der Waals surface area contributed by atoms with Crippen molar-refractivity contribution in [3.8, 4) is 0 Å². The summed E-state index contributed by atoms with van der Waals surface area (Å²) in [6.45, 7) is 7.01. The van der Waals surface area contributed by atoms with Gasteiger partial charge < -0.3 is 15.4 Å². The van der Waals surface area contributed by atoms with E-state index in [1.165, 1.54) is 11.1 Å². The fourth-order valence-electron chi connectivity index (χ4n) is 2.70. The van der Waals surface area contributed by atoms with Crippen LogP contribution in [0.1, 0.15) is 40.4 Å². The van der Waals surface area contributed by atoms with Crippen molar-refractivity contribution in [3.05, 3.63) is 64.7 Å². The van der Waals surface area contributed by atoms with Crippen molar-refractivity contribution in [2.45, 2.75) is 32.9 Å². The van der Waals surface area contributed by atoms with Gasteiger partial charge in [-0.15, -0.1) is 0 Å². The zero-order chi connectivity index (χ0) is 20.4. The van der Waals surface area contributed by atoms with Crippen molar-refractivity contribution in [2.75, 3.05) is 24.2 Å². The van der Waals surface area contributed by atoms with Crippen molar-refractivity contribution in [1.29, 1.82) is 0 Å². The largest absolute Gasteiger partial charge is 0.462 e. The second-order valence-corrected chi connectivity index (χ2v) is 7.93. The summed E-state index contributed by atoms with van der Waals surface area (Å²) < 4.78 is 5.09. The highest BCUT2D eigenvalue weighted by molar-refractivity contribution is 7.98. The molecule has 4 nitrogen and oxygen atoms in total. The Balaban J connectivity index is 1.72. The van der Waals surface area contributed by atoms with Gasteiger partial charge in [-0.1, -0.05) is 30.3 Å². The van der Waals surface area contributed by atoms with Gasteiger partial charge in [-0.25, -0.2) is 4.79 Å². The van der Waals surface area contributed by atoms with Gasteiger partial charge in [0.1, 0.15) is 0 Å². The molecule has 0 saturated carbocycles. The first kappa shape index (κ1) is 22.2. The Morgan fingerprint density at radius 3 is 2.68 bits per heavy atom. The van der Waals surface area contributed by atoms with Gasteiger partial charge >= 0.3 is 5.97 Å². The highest BCUT2D eigenvalue weighted by atomic mass is 32.2. The molecule has 0 aliphatic carbocycles. The molecule has 0 aliphatic rings. The molecule has 2 aromatic rings. The molecule has 2 rings (SSSR count). The molecule has 28 heavy (non-hydrogen) atoms. The van der Waals surface area contributed by atoms with Gasteiger partial charge in [0.25, 0.3) is 0 Å². The number of nitrogens with one attached hydrogen (secondary N) is 2. The summed E-state index contributed by atoms with van der Waals surface area (Å²) in [6.07, 6.45) is 1.03. The van der Waals surface area contributed by atoms with E-state index in [1.807, 2.05) is 30.8 Å². The number of thioether (sulfide) groups is 1. The summed E-state index contributed by atoms with van der Waals surface area (Å²) in [6, 6.07) is 14.0. The van der Waals surface area contributed by atoms with E-state index in [2.05, 4.69) is 41.8 Å². The Morgan fingerprint density at radius 2 is 1.93 bits per heavy atom. The number of hydrogen-bond acceptors (Lipinski definition) is 4. The second kappa shape index (κ2) is 11.7. The van der Waals surface area contributed by atoms with Gasteiger partial charge in [0.05, 0.1) is 12.2 Å². The molecule has 0 radical (unpaired) electrons. The smallest absolute Gasteiger partial charge is 0.338 e. The summed E-state index contributed by atoms with van der Waals surface area (Å²) in [7, 11) is 0. The number of rotatable bonds is 9. The van der Waals surface area contributed by atoms with Gasteiger partial charge in [-0.3, -0.25) is 0 Å². The molecule has 0 fully saturated rings. The number of esters is 1. The lowest BCUT2D eigenvalue weighted by Gasteiger charge is -2.14. The van der Waals surface area contributed by atoms with Crippen LogP contribution in [0.5, 0.6) is 0 Å². The number of thiocarbonyl (C=S) groups is 1. The van der Waals surface area contributed by atoms with Crippen molar-refractivity contribution in [1.82, 2.24) is 5.32 Å². The Bertz CT molecular complexity index is 809. The molecule has 6 heteroatoms. The van der Waals surface area contributed by atoms with Gasteiger partial charge in [-0.05, 0) is 74.0 Å². The second-order valence-electron chi connectivity index (χ2n) is 6.41. The van der Waals surface area contributed by atoms with E-state index in [1.54, 1.807) is 13.0 Å². The Labute approximate surface area is 177 Å². The van der Waals surface area contributed by atoms with E-state index < -0.39 is 0 Å². The van der Waals surface area contributed by atoms with E-state index in [0.717, 1.165) is 35.7 Å². The maximum atomic E-state index is 12.0. The molecule has 0 heterocycles. The summed E-state index contributed by atoms with van der Waals surface area (Å²) in [4.78, 5) is 12.0. The molecule has 0 amide bonds. The van der Waals surface area contributed by atoms with E-state index in [0.29, 0.717) is 17.3 Å². The lowest BCUT2D eigenvalue weighted by Crippen LogP contribution is -2.30. The van der Waals surface area contributed by atoms with Gasteiger partial charge in [0.2, 0.25) is 0 Å². The Kier molecular flexibility index (Phi) is 9.31. The number of carbonyl (C=O) groups excluding carboxylic acids is 1. The monoisotopic (exact) mass is 416 g/mol. The zero-order valence-corrected chi connectivity index (χ0v) is 18.3. The number of hydrogen-bond donors (Lipinski definition) is 2. The van der Waals surface area contributed by atoms with Crippen LogP contribution in [0.25, 0.3) is 0 Å². The van der Waals surface area contributed by atoms with Crippen LogP contribution < -0.4 is 10.6 Å². The summed E-state index contributed by atoms with van der Waals surface area (Å²) >= 11 is 7.32. The topological polar surface area (TPSA) is 50.4 Å². The zero-order valence-electron chi connectivity index (χ0n) is 16.7. The fourth-order valence-corrected chi connectivity index (χ4v) is 3.95. The third kappa shape index (κ3) is 6.84. The molecule has 0 spiro atoms. The van der Waals surface area contributed by atoms with E-state index in [9.17, 15) is 4.79 Å². The average Bonchev–Trinajstić information content (AvgIpc) is 2.67. The first-order valence-electron chi connectivity index (χ1n) is 9.46. The molecule has 0 bridgehead atoms. The molecule has 0 unspecified atom stereocenters. The maximum Gasteiger partial charge on any atom is 0.338 e. The molecule has 2 aromatic carbocycles. The van der Waals surface area contributed by atoms with Crippen molar-refractivity contribution >= 4 is 40.7 Å². The predicted octanol–water partition coefficient (Wildman–Crippen LogP) is 5.09. The average molecular weight is 417 g/mol. The fraction of sp³-hybridized carbons (Fsp3) is 0.364. The molecule has 0 aromatic heterocycles. The number of benzene rings is 2. The van der Waals surface area contributed by atoms with Crippen LogP contribution in [0, 0.1) is 13.8 Å². The number of carbonyl (C=O) groups is 1. The van der Waals surface area contributed by atoms with Crippen LogP contribution in [0.4, 0.5) is 5.69 Å². The number of aryl methyl sites for hydroxylation is 1. The van der Waals surface area contributed by atoms with E-state index in [4.69, 9.17) is 17.0 Å². The minimum Gasteiger partial charge on any atom is -0.462 e. The molecule has 150 valence electrons. The quantitative estimate of drug-likeness (QED) is 0.337. The normalized spacial score (nSPS) is 10.4. The minimum absolute atomic E-state index is 0.312. The number of ether oxygens (including phenoxy) is 1. The first-order chi connectivity index (χ1) is 13.5. The van der Waals surface area contributed by atoms with E-state index in [-0.39, 0.29) is 5.97 Å². The summed E-state index contributed by atoms with van der Waals surface area (Å²) in [5.74, 6) is 1.80. The first-order valence-corrected chi connectivity index (χ1v) is 11.0.